The number of nitrogens with zero attached hydrogens (tertiary/aromatic N) is 3. The van der Waals surface area contributed by atoms with E-state index < -0.39 is 0 Å². The van der Waals surface area contributed by atoms with Gasteiger partial charge in [-0.1, -0.05) is 30.3 Å². The van der Waals surface area contributed by atoms with Gasteiger partial charge in [0.05, 0.1) is 7.11 Å². The second kappa shape index (κ2) is 7.36. The van der Waals surface area contributed by atoms with Gasteiger partial charge in [0, 0.05) is 18.1 Å². The smallest absolute Gasteiger partial charge is 0.256 e. The van der Waals surface area contributed by atoms with Crippen LogP contribution >= 0.6 is 0 Å². The van der Waals surface area contributed by atoms with E-state index in [9.17, 15) is 9.59 Å². The first-order valence-corrected chi connectivity index (χ1v) is 8.61. The van der Waals surface area contributed by atoms with Crippen molar-refractivity contribution in [3.63, 3.8) is 0 Å². The zero-order valence-corrected chi connectivity index (χ0v) is 15.0. The Hall–Kier alpha value is -3.94. The van der Waals surface area contributed by atoms with Gasteiger partial charge in [-0.3, -0.25) is 14.6 Å². The van der Waals surface area contributed by atoms with Gasteiger partial charge in [0.15, 0.2) is 5.82 Å². The molecule has 0 spiro atoms. The Morgan fingerprint density at radius 2 is 1.89 bits per heavy atom. The van der Waals surface area contributed by atoms with Crippen molar-refractivity contribution in [2.45, 2.75) is 6.42 Å². The largest absolute Gasteiger partial charge is 0.497 e. The molecule has 0 aliphatic heterocycles. The third-order valence-electron chi connectivity index (χ3n) is 4.18. The van der Waals surface area contributed by atoms with Gasteiger partial charge in [0.25, 0.3) is 11.5 Å². The summed E-state index contributed by atoms with van der Waals surface area (Å²) in [4.78, 5) is 31.5. The molecule has 4 aromatic rings. The van der Waals surface area contributed by atoms with E-state index in [1.54, 1.807) is 31.4 Å². The first-order valence-electron chi connectivity index (χ1n) is 8.61. The van der Waals surface area contributed by atoms with E-state index in [0.29, 0.717) is 23.6 Å². The number of fused-ring (bicyclic) bond motifs is 1. The topological polar surface area (TPSA) is 101 Å². The first-order chi connectivity index (χ1) is 13.6. The molecule has 8 nitrogen and oxygen atoms in total. The molecule has 0 bridgehead atoms. The van der Waals surface area contributed by atoms with E-state index in [-0.39, 0.29) is 23.1 Å². The molecule has 2 N–H and O–H groups in total. The standard InChI is InChI=1S/C20H17N5O3/c1-28-15-9-7-14(8-10-15)19(27)22-17-12-18(26)23-20-21-16(24-25(17)20)11-13-5-3-2-4-6-13/h2-10,12H,11H2,1H3,(H,22,27)(H,21,23,24,26). The average molecular weight is 375 g/mol. The predicted octanol–water partition coefficient (Wildman–Crippen LogP) is 2.27. The van der Waals surface area contributed by atoms with Crippen molar-refractivity contribution in [2.24, 2.45) is 0 Å². The number of carbonyl (C=O) groups is 1. The van der Waals surface area contributed by atoms with Crippen LogP contribution < -0.4 is 15.6 Å². The minimum absolute atomic E-state index is 0.242. The minimum Gasteiger partial charge on any atom is -0.497 e. The van der Waals surface area contributed by atoms with Crippen molar-refractivity contribution in [2.75, 3.05) is 12.4 Å². The number of H-pyrrole nitrogens is 1. The van der Waals surface area contributed by atoms with Gasteiger partial charge in [0.1, 0.15) is 11.6 Å². The second-order valence-electron chi connectivity index (χ2n) is 6.13. The summed E-state index contributed by atoms with van der Waals surface area (Å²) in [6, 6.07) is 17.7. The summed E-state index contributed by atoms with van der Waals surface area (Å²) in [5.41, 5.74) is 1.10. The SMILES string of the molecule is COc1ccc(C(=O)Nc2cc(=O)[nH]c3nc(Cc4ccccc4)nn23)cc1. The lowest BCUT2D eigenvalue weighted by atomic mass is 10.1. The normalized spacial score (nSPS) is 10.8. The lowest BCUT2D eigenvalue weighted by molar-refractivity contribution is 0.102. The molecule has 0 saturated carbocycles. The summed E-state index contributed by atoms with van der Waals surface area (Å²) < 4.78 is 6.51. The van der Waals surface area contributed by atoms with E-state index in [4.69, 9.17) is 4.74 Å². The molecule has 0 saturated heterocycles. The van der Waals surface area contributed by atoms with Crippen molar-refractivity contribution in [3.8, 4) is 5.75 Å². The summed E-state index contributed by atoms with van der Waals surface area (Å²) in [6.45, 7) is 0. The molecule has 2 aromatic carbocycles. The van der Waals surface area contributed by atoms with Gasteiger partial charge in [-0.15, -0.1) is 5.10 Å². The second-order valence-corrected chi connectivity index (χ2v) is 6.13. The Kier molecular flexibility index (Phi) is 4.59. The zero-order valence-electron chi connectivity index (χ0n) is 15.0. The van der Waals surface area contributed by atoms with Gasteiger partial charge < -0.3 is 10.1 Å². The van der Waals surface area contributed by atoms with Crippen molar-refractivity contribution < 1.29 is 9.53 Å². The minimum atomic E-state index is -0.379. The van der Waals surface area contributed by atoms with Crippen LogP contribution in [0.15, 0.2) is 65.5 Å². The van der Waals surface area contributed by atoms with E-state index in [1.165, 1.54) is 10.6 Å². The average Bonchev–Trinajstić information content (AvgIpc) is 3.11. The number of rotatable bonds is 5. The lowest BCUT2D eigenvalue weighted by Gasteiger charge is -2.07. The van der Waals surface area contributed by atoms with Gasteiger partial charge in [-0.2, -0.15) is 9.50 Å². The highest BCUT2D eigenvalue weighted by Gasteiger charge is 2.13. The van der Waals surface area contributed by atoms with Crippen LogP contribution in [0.25, 0.3) is 5.78 Å². The number of hydrogen-bond acceptors (Lipinski definition) is 5. The maximum atomic E-state index is 12.5. The van der Waals surface area contributed by atoms with Gasteiger partial charge in [0.2, 0.25) is 5.78 Å². The Bertz CT molecular complexity index is 1180. The summed E-state index contributed by atoms with van der Waals surface area (Å²) in [5.74, 6) is 1.33. The molecule has 0 atom stereocenters. The van der Waals surface area contributed by atoms with Crippen LogP contribution in [-0.4, -0.2) is 32.6 Å². The summed E-state index contributed by atoms with van der Waals surface area (Å²) in [7, 11) is 1.56. The number of aromatic nitrogens is 4. The van der Waals surface area contributed by atoms with E-state index in [2.05, 4.69) is 20.4 Å². The van der Waals surface area contributed by atoms with Crippen molar-refractivity contribution in [1.82, 2.24) is 19.6 Å². The predicted molar refractivity (Wildman–Crippen MR) is 104 cm³/mol. The van der Waals surface area contributed by atoms with E-state index in [0.717, 1.165) is 5.56 Å². The third kappa shape index (κ3) is 3.61. The number of nitrogens with one attached hydrogen (secondary N) is 2. The number of anilines is 1. The van der Waals surface area contributed by atoms with Crippen LogP contribution in [0.5, 0.6) is 5.75 Å². The highest BCUT2D eigenvalue weighted by atomic mass is 16.5. The molecule has 28 heavy (non-hydrogen) atoms. The monoisotopic (exact) mass is 375 g/mol. The van der Waals surface area contributed by atoms with Crippen LogP contribution in [-0.2, 0) is 6.42 Å². The summed E-state index contributed by atoms with van der Waals surface area (Å²) >= 11 is 0. The fourth-order valence-corrected chi connectivity index (χ4v) is 2.81. The van der Waals surface area contributed by atoms with Crippen molar-refractivity contribution in [3.05, 3.63) is 88.0 Å². The van der Waals surface area contributed by atoms with Crippen LogP contribution in [0.3, 0.4) is 0 Å². The molecule has 2 aromatic heterocycles. The molecular weight excluding hydrogens is 358 g/mol. The van der Waals surface area contributed by atoms with Gasteiger partial charge in [-0.25, -0.2) is 0 Å². The summed E-state index contributed by atoms with van der Waals surface area (Å²) in [5, 5.41) is 7.14. The van der Waals surface area contributed by atoms with E-state index >= 15 is 0 Å². The fourth-order valence-electron chi connectivity index (χ4n) is 2.81. The van der Waals surface area contributed by atoms with Crippen LogP contribution in [0.1, 0.15) is 21.7 Å². The molecule has 0 aliphatic carbocycles. The van der Waals surface area contributed by atoms with Gasteiger partial charge in [-0.05, 0) is 29.8 Å². The molecule has 8 heteroatoms. The van der Waals surface area contributed by atoms with Crippen LogP contribution in [0, 0.1) is 0 Å². The highest BCUT2D eigenvalue weighted by molar-refractivity contribution is 6.03. The Morgan fingerprint density at radius 1 is 1.14 bits per heavy atom. The number of carbonyl (C=O) groups excluding carboxylic acids is 1. The molecule has 0 aliphatic rings. The molecule has 140 valence electrons. The molecule has 2 heterocycles. The molecule has 0 fully saturated rings. The number of aromatic amines is 1. The number of methoxy groups -OCH3 is 1. The van der Waals surface area contributed by atoms with Crippen LogP contribution in [0.2, 0.25) is 0 Å². The fraction of sp³-hybridized carbons (Fsp3) is 0.100. The van der Waals surface area contributed by atoms with Crippen LogP contribution in [0.4, 0.5) is 5.82 Å². The van der Waals surface area contributed by atoms with E-state index in [1.807, 2.05) is 30.3 Å². The number of benzene rings is 2. The molecule has 1 amide bonds. The van der Waals surface area contributed by atoms with Gasteiger partial charge >= 0.3 is 0 Å². The highest BCUT2D eigenvalue weighted by Crippen LogP contribution is 2.14. The first kappa shape index (κ1) is 17.5. The molecular formula is C20H17N5O3. The van der Waals surface area contributed by atoms with Crippen molar-refractivity contribution >= 4 is 17.5 Å². The molecule has 0 radical (unpaired) electrons. The summed E-state index contributed by atoms with van der Waals surface area (Å²) in [6.07, 6.45) is 0.510. The van der Waals surface area contributed by atoms with Crippen molar-refractivity contribution in [1.29, 1.82) is 0 Å². The zero-order chi connectivity index (χ0) is 19.5. The number of amides is 1. The number of hydrogen-bond donors (Lipinski definition) is 2. The quantitative estimate of drug-likeness (QED) is 0.557. The molecule has 0 unspecified atom stereocenters. The lowest BCUT2D eigenvalue weighted by Crippen LogP contribution is -2.18. The molecule has 4 rings (SSSR count). The maximum Gasteiger partial charge on any atom is 0.256 e. The Balaban J connectivity index is 1.64. The third-order valence-corrected chi connectivity index (χ3v) is 4.18. The maximum absolute atomic E-state index is 12.5. The Labute approximate surface area is 159 Å². The number of ether oxygens (including phenoxy) is 1. The Morgan fingerprint density at radius 3 is 2.61 bits per heavy atom.